The lowest BCUT2D eigenvalue weighted by Gasteiger charge is -2.27. The van der Waals surface area contributed by atoms with Crippen LogP contribution in [0.1, 0.15) is 39.0 Å². The van der Waals surface area contributed by atoms with Crippen molar-refractivity contribution < 1.29 is 0 Å². The SMILES string of the molecule is CCn1cc(NC2CCCC2C2CCCN2)ccc1=O. The van der Waals surface area contributed by atoms with Crippen LogP contribution in [0.15, 0.2) is 23.1 Å². The lowest BCUT2D eigenvalue weighted by Crippen LogP contribution is -2.38. The largest absolute Gasteiger partial charge is 0.381 e. The second kappa shape index (κ2) is 6.00. The summed E-state index contributed by atoms with van der Waals surface area (Å²) in [5.74, 6) is 0.736. The van der Waals surface area contributed by atoms with Gasteiger partial charge in [-0.15, -0.1) is 0 Å². The van der Waals surface area contributed by atoms with Crippen LogP contribution in [0.5, 0.6) is 0 Å². The normalized spacial score (nSPS) is 29.8. The number of aryl methyl sites for hydroxylation is 1. The highest BCUT2D eigenvalue weighted by atomic mass is 16.1. The van der Waals surface area contributed by atoms with E-state index in [0.717, 1.165) is 18.2 Å². The Balaban J connectivity index is 1.71. The van der Waals surface area contributed by atoms with Gasteiger partial charge in [0, 0.05) is 30.9 Å². The van der Waals surface area contributed by atoms with Crippen molar-refractivity contribution in [3.8, 4) is 0 Å². The second-order valence-electron chi connectivity index (χ2n) is 6.09. The molecule has 1 aromatic rings. The van der Waals surface area contributed by atoms with Gasteiger partial charge in [0.1, 0.15) is 0 Å². The molecule has 4 heteroatoms. The Kier molecular flexibility index (Phi) is 4.10. The van der Waals surface area contributed by atoms with E-state index in [0.29, 0.717) is 12.1 Å². The first-order valence-corrected chi connectivity index (χ1v) is 7.98. The number of anilines is 1. The van der Waals surface area contributed by atoms with Gasteiger partial charge in [0.25, 0.3) is 5.56 Å². The number of rotatable bonds is 4. The average Bonchev–Trinajstić information content (AvgIpc) is 3.11. The van der Waals surface area contributed by atoms with Crippen molar-refractivity contribution in [2.24, 2.45) is 5.92 Å². The summed E-state index contributed by atoms with van der Waals surface area (Å²) in [6.07, 6.45) is 8.47. The molecule has 1 aromatic heterocycles. The average molecular weight is 275 g/mol. The Morgan fingerprint density at radius 3 is 2.95 bits per heavy atom. The van der Waals surface area contributed by atoms with Gasteiger partial charge in [-0.25, -0.2) is 0 Å². The number of nitrogens with one attached hydrogen (secondary N) is 2. The van der Waals surface area contributed by atoms with Gasteiger partial charge in [-0.2, -0.15) is 0 Å². The Morgan fingerprint density at radius 1 is 1.30 bits per heavy atom. The number of nitrogens with zero attached hydrogens (tertiary/aromatic N) is 1. The van der Waals surface area contributed by atoms with Gasteiger partial charge in [0.05, 0.1) is 5.69 Å². The van der Waals surface area contributed by atoms with Crippen LogP contribution in [0.4, 0.5) is 5.69 Å². The van der Waals surface area contributed by atoms with Crippen LogP contribution < -0.4 is 16.2 Å². The molecule has 3 rings (SSSR count). The first-order chi connectivity index (χ1) is 9.78. The van der Waals surface area contributed by atoms with Gasteiger partial charge in [-0.3, -0.25) is 4.79 Å². The highest BCUT2D eigenvalue weighted by molar-refractivity contribution is 5.42. The predicted octanol–water partition coefficient (Wildman–Crippen LogP) is 2.20. The van der Waals surface area contributed by atoms with Gasteiger partial charge < -0.3 is 15.2 Å². The van der Waals surface area contributed by atoms with Crippen molar-refractivity contribution in [1.29, 1.82) is 0 Å². The quantitative estimate of drug-likeness (QED) is 0.885. The number of hydrogen-bond donors (Lipinski definition) is 2. The summed E-state index contributed by atoms with van der Waals surface area (Å²) in [6, 6.07) is 4.83. The van der Waals surface area contributed by atoms with E-state index in [1.807, 2.05) is 19.2 Å². The number of aromatic nitrogens is 1. The fraction of sp³-hybridized carbons (Fsp3) is 0.688. The van der Waals surface area contributed by atoms with E-state index in [-0.39, 0.29) is 5.56 Å². The van der Waals surface area contributed by atoms with Crippen LogP contribution in [0.2, 0.25) is 0 Å². The first-order valence-electron chi connectivity index (χ1n) is 7.98. The third-order valence-electron chi connectivity index (χ3n) is 4.86. The molecule has 0 bridgehead atoms. The number of hydrogen-bond acceptors (Lipinski definition) is 3. The molecule has 20 heavy (non-hydrogen) atoms. The first kappa shape index (κ1) is 13.7. The molecule has 1 aliphatic carbocycles. The van der Waals surface area contributed by atoms with E-state index >= 15 is 0 Å². The molecule has 1 saturated carbocycles. The molecule has 0 amide bonds. The highest BCUT2D eigenvalue weighted by Gasteiger charge is 2.34. The molecule has 0 aromatic carbocycles. The van der Waals surface area contributed by atoms with E-state index < -0.39 is 0 Å². The lowest BCUT2D eigenvalue weighted by molar-refractivity contribution is 0.376. The van der Waals surface area contributed by atoms with Crippen LogP contribution in [-0.2, 0) is 6.54 Å². The molecule has 2 heterocycles. The molecule has 110 valence electrons. The minimum Gasteiger partial charge on any atom is -0.381 e. The smallest absolute Gasteiger partial charge is 0.250 e. The van der Waals surface area contributed by atoms with E-state index in [4.69, 9.17) is 0 Å². The Hall–Kier alpha value is -1.29. The van der Waals surface area contributed by atoms with Crippen LogP contribution in [0, 0.1) is 5.92 Å². The molecule has 2 fully saturated rings. The molecule has 3 atom stereocenters. The summed E-state index contributed by atoms with van der Waals surface area (Å²) in [5, 5.41) is 7.32. The van der Waals surface area contributed by atoms with E-state index in [1.165, 1.54) is 38.6 Å². The van der Waals surface area contributed by atoms with E-state index in [1.54, 1.807) is 10.6 Å². The molecular formula is C16H25N3O. The van der Waals surface area contributed by atoms with Crippen molar-refractivity contribution in [1.82, 2.24) is 9.88 Å². The van der Waals surface area contributed by atoms with Crippen LogP contribution >= 0.6 is 0 Å². The Morgan fingerprint density at radius 2 is 2.20 bits per heavy atom. The zero-order valence-electron chi connectivity index (χ0n) is 12.3. The summed E-state index contributed by atoms with van der Waals surface area (Å²) in [6.45, 7) is 3.91. The zero-order valence-corrected chi connectivity index (χ0v) is 12.3. The lowest BCUT2D eigenvalue weighted by atomic mass is 9.93. The molecule has 4 nitrogen and oxygen atoms in total. The van der Waals surface area contributed by atoms with Gasteiger partial charge in [-0.1, -0.05) is 6.42 Å². The standard InChI is InChI=1S/C16H25N3O/c1-2-19-11-12(8-9-16(19)20)18-15-6-3-5-13(15)14-7-4-10-17-14/h8-9,11,13-15,17-18H,2-7,10H2,1H3. The molecule has 0 spiro atoms. The zero-order chi connectivity index (χ0) is 13.9. The summed E-state index contributed by atoms with van der Waals surface area (Å²) in [7, 11) is 0. The molecule has 3 unspecified atom stereocenters. The second-order valence-corrected chi connectivity index (χ2v) is 6.09. The molecular weight excluding hydrogens is 250 g/mol. The van der Waals surface area contributed by atoms with Gasteiger partial charge in [0.2, 0.25) is 0 Å². The minimum atomic E-state index is 0.0819. The van der Waals surface area contributed by atoms with Crippen molar-refractivity contribution in [3.05, 3.63) is 28.7 Å². The van der Waals surface area contributed by atoms with Crippen LogP contribution in [0.3, 0.4) is 0 Å². The molecule has 0 radical (unpaired) electrons. The van der Waals surface area contributed by atoms with Crippen molar-refractivity contribution in [2.45, 2.75) is 57.7 Å². The van der Waals surface area contributed by atoms with Crippen molar-refractivity contribution >= 4 is 5.69 Å². The third kappa shape index (κ3) is 2.75. The van der Waals surface area contributed by atoms with Crippen LogP contribution in [-0.4, -0.2) is 23.2 Å². The van der Waals surface area contributed by atoms with Gasteiger partial charge in [-0.05, 0) is 51.1 Å². The molecule has 1 saturated heterocycles. The summed E-state index contributed by atoms with van der Waals surface area (Å²) >= 11 is 0. The maximum Gasteiger partial charge on any atom is 0.250 e. The molecule has 2 N–H and O–H groups in total. The predicted molar refractivity (Wildman–Crippen MR) is 82.2 cm³/mol. The van der Waals surface area contributed by atoms with Gasteiger partial charge >= 0.3 is 0 Å². The van der Waals surface area contributed by atoms with E-state index in [2.05, 4.69) is 10.6 Å². The fourth-order valence-corrected chi connectivity index (χ4v) is 3.80. The number of pyridine rings is 1. The maximum absolute atomic E-state index is 11.6. The summed E-state index contributed by atoms with van der Waals surface area (Å²) in [4.78, 5) is 11.6. The highest BCUT2D eigenvalue weighted by Crippen LogP contribution is 2.33. The fourth-order valence-electron chi connectivity index (χ4n) is 3.80. The van der Waals surface area contributed by atoms with Gasteiger partial charge in [0.15, 0.2) is 0 Å². The van der Waals surface area contributed by atoms with Crippen molar-refractivity contribution in [3.63, 3.8) is 0 Å². The monoisotopic (exact) mass is 275 g/mol. The Bertz CT molecular complexity index is 505. The third-order valence-corrected chi connectivity index (χ3v) is 4.86. The summed E-state index contributed by atoms with van der Waals surface area (Å²) in [5.41, 5.74) is 1.17. The topological polar surface area (TPSA) is 46.1 Å². The van der Waals surface area contributed by atoms with E-state index in [9.17, 15) is 4.79 Å². The van der Waals surface area contributed by atoms with Crippen molar-refractivity contribution in [2.75, 3.05) is 11.9 Å². The molecule has 1 aliphatic heterocycles. The minimum absolute atomic E-state index is 0.0819. The molecule has 2 aliphatic rings. The maximum atomic E-state index is 11.6. The van der Waals surface area contributed by atoms with Crippen LogP contribution in [0.25, 0.3) is 0 Å². The Labute approximate surface area is 120 Å². The summed E-state index contributed by atoms with van der Waals surface area (Å²) < 4.78 is 1.76.